The average Bonchev–Trinajstić information content (AvgIpc) is 2.33. The molecule has 1 aliphatic rings. The Morgan fingerprint density at radius 3 is 2.68 bits per heavy atom. The maximum absolute atomic E-state index is 11.6. The monoisotopic (exact) mass is 282 g/mol. The zero-order chi connectivity index (χ0) is 14.0. The van der Waals surface area contributed by atoms with Crippen molar-refractivity contribution in [2.75, 3.05) is 0 Å². The van der Waals surface area contributed by atoms with Gasteiger partial charge in [-0.15, -0.1) is 4.40 Å². The van der Waals surface area contributed by atoms with Crippen LogP contribution in [0.5, 0.6) is 5.75 Å². The van der Waals surface area contributed by atoms with E-state index in [1.807, 2.05) is 13.8 Å². The van der Waals surface area contributed by atoms with Gasteiger partial charge in [-0.05, 0) is 24.5 Å². The summed E-state index contributed by atoms with van der Waals surface area (Å²) < 4.78 is 32.6. The number of fused-ring (bicyclic) bond motifs is 1. The van der Waals surface area contributed by atoms with Gasteiger partial charge in [0.1, 0.15) is 11.6 Å². The molecule has 0 amide bonds. The third-order valence-electron chi connectivity index (χ3n) is 3.15. The molecule has 0 spiro atoms. The van der Waals surface area contributed by atoms with Gasteiger partial charge in [0.25, 0.3) is 10.0 Å². The highest BCUT2D eigenvalue weighted by atomic mass is 32.2. The molecule has 0 aromatic heterocycles. The molecular formula is C13H18N2O3S. The fraction of sp³-hybridized carbons (Fsp3) is 0.462. The molecule has 6 heteroatoms. The maximum atomic E-state index is 11.6. The molecular weight excluding hydrogens is 264 g/mol. The Balaban J connectivity index is 2.45. The van der Waals surface area contributed by atoms with Crippen molar-refractivity contribution < 1.29 is 13.2 Å². The number of benzene rings is 1. The predicted octanol–water partition coefficient (Wildman–Crippen LogP) is 1.80. The predicted molar refractivity (Wildman–Crippen MR) is 74.8 cm³/mol. The summed E-state index contributed by atoms with van der Waals surface area (Å²) in [5.74, 6) is 0.508. The lowest BCUT2D eigenvalue weighted by Gasteiger charge is -2.21. The van der Waals surface area contributed by atoms with E-state index in [9.17, 15) is 8.42 Å². The van der Waals surface area contributed by atoms with Gasteiger partial charge in [0, 0.05) is 0 Å². The molecule has 0 bridgehead atoms. The smallest absolute Gasteiger partial charge is 0.259 e. The van der Waals surface area contributed by atoms with Crippen LogP contribution in [0.15, 0.2) is 22.6 Å². The molecule has 1 heterocycles. The fourth-order valence-electron chi connectivity index (χ4n) is 2.14. The number of nitrogens with two attached hydrogens (primary N) is 1. The summed E-state index contributed by atoms with van der Waals surface area (Å²) >= 11 is 0. The molecule has 0 saturated heterocycles. The highest BCUT2D eigenvalue weighted by Crippen LogP contribution is 2.29. The highest BCUT2D eigenvalue weighted by Gasteiger charge is 2.25. The van der Waals surface area contributed by atoms with E-state index in [0.717, 1.165) is 12.8 Å². The van der Waals surface area contributed by atoms with Crippen molar-refractivity contribution in [3.05, 3.63) is 29.3 Å². The van der Waals surface area contributed by atoms with Crippen molar-refractivity contribution in [1.82, 2.24) is 0 Å². The zero-order valence-electron chi connectivity index (χ0n) is 11.1. The van der Waals surface area contributed by atoms with Crippen LogP contribution in [-0.2, 0) is 15.8 Å². The summed E-state index contributed by atoms with van der Waals surface area (Å²) in [7, 11) is -3.49. The normalized spacial score (nSPS) is 16.9. The van der Waals surface area contributed by atoms with Crippen LogP contribution in [0.1, 0.15) is 37.8 Å². The largest absolute Gasteiger partial charge is 0.490 e. The van der Waals surface area contributed by atoms with E-state index in [1.54, 1.807) is 18.2 Å². The number of nitrogens with zero attached hydrogens (tertiary/aromatic N) is 1. The molecule has 19 heavy (non-hydrogen) atoms. The van der Waals surface area contributed by atoms with Crippen LogP contribution in [0.25, 0.3) is 0 Å². The minimum atomic E-state index is -3.49. The van der Waals surface area contributed by atoms with Crippen molar-refractivity contribution in [3.63, 3.8) is 0 Å². The lowest BCUT2D eigenvalue weighted by Crippen LogP contribution is -2.26. The van der Waals surface area contributed by atoms with Gasteiger partial charge in [0.2, 0.25) is 0 Å². The molecule has 1 aromatic rings. The van der Waals surface area contributed by atoms with Crippen LogP contribution in [0.4, 0.5) is 0 Å². The topological polar surface area (TPSA) is 81.8 Å². The maximum Gasteiger partial charge on any atom is 0.259 e. The molecule has 0 atom stereocenters. The Hall–Kier alpha value is -1.56. The highest BCUT2D eigenvalue weighted by molar-refractivity contribution is 7.89. The van der Waals surface area contributed by atoms with E-state index in [-0.39, 0.29) is 17.7 Å². The van der Waals surface area contributed by atoms with Gasteiger partial charge in [-0.25, -0.2) is 8.42 Å². The van der Waals surface area contributed by atoms with E-state index in [1.165, 1.54) is 0 Å². The van der Waals surface area contributed by atoms with Crippen LogP contribution in [0, 0.1) is 0 Å². The molecule has 0 saturated carbocycles. The minimum absolute atomic E-state index is 0.0165. The summed E-state index contributed by atoms with van der Waals surface area (Å²) in [6.45, 7) is 4.09. The second-order valence-electron chi connectivity index (χ2n) is 4.55. The average molecular weight is 282 g/mol. The first kappa shape index (κ1) is 13.9. The lowest BCUT2D eigenvalue weighted by molar-refractivity contribution is 0.192. The van der Waals surface area contributed by atoms with Crippen molar-refractivity contribution in [1.29, 1.82) is 0 Å². The zero-order valence-corrected chi connectivity index (χ0v) is 11.9. The Bertz CT molecular complexity index is 604. The van der Waals surface area contributed by atoms with Crippen LogP contribution in [0.3, 0.4) is 0 Å². The second-order valence-corrected chi connectivity index (χ2v) is 6.18. The van der Waals surface area contributed by atoms with Gasteiger partial charge in [-0.3, -0.25) is 0 Å². The Morgan fingerprint density at radius 2 is 2.05 bits per heavy atom. The molecule has 104 valence electrons. The van der Waals surface area contributed by atoms with Crippen LogP contribution in [0.2, 0.25) is 0 Å². The third kappa shape index (κ3) is 2.89. The van der Waals surface area contributed by atoms with Gasteiger partial charge in [0.05, 0.1) is 17.4 Å². The van der Waals surface area contributed by atoms with Gasteiger partial charge in [-0.2, -0.15) is 0 Å². The van der Waals surface area contributed by atoms with Crippen LogP contribution >= 0.6 is 0 Å². The Labute approximate surface area is 113 Å². The van der Waals surface area contributed by atoms with E-state index < -0.39 is 10.0 Å². The van der Waals surface area contributed by atoms with Crippen LogP contribution < -0.4 is 10.5 Å². The van der Waals surface area contributed by atoms with E-state index in [2.05, 4.69) is 4.40 Å². The van der Waals surface area contributed by atoms with Gasteiger partial charge in [-0.1, -0.05) is 26.0 Å². The number of ether oxygens (including phenoxy) is 1. The molecule has 0 unspecified atom stereocenters. The quantitative estimate of drug-likeness (QED) is 0.913. The van der Waals surface area contributed by atoms with E-state index in [4.69, 9.17) is 10.5 Å². The van der Waals surface area contributed by atoms with E-state index >= 15 is 0 Å². The van der Waals surface area contributed by atoms with Gasteiger partial charge >= 0.3 is 0 Å². The summed E-state index contributed by atoms with van der Waals surface area (Å²) in [6, 6.07) is 5.33. The van der Waals surface area contributed by atoms with Gasteiger partial charge in [0.15, 0.2) is 0 Å². The summed E-state index contributed by atoms with van der Waals surface area (Å²) in [5, 5.41) is 0. The molecule has 1 aliphatic heterocycles. The van der Waals surface area contributed by atoms with Crippen molar-refractivity contribution in [3.8, 4) is 5.75 Å². The first-order valence-corrected chi connectivity index (χ1v) is 7.94. The SMILES string of the molecule is CCC(CC)Oc1cccc2c1C(N)=NS(=O)(=O)C2. The van der Waals surface area contributed by atoms with Crippen molar-refractivity contribution >= 4 is 15.9 Å². The number of hydrogen-bond acceptors (Lipinski definition) is 4. The molecule has 2 rings (SSSR count). The number of rotatable bonds is 4. The number of hydrogen-bond donors (Lipinski definition) is 1. The van der Waals surface area contributed by atoms with E-state index in [0.29, 0.717) is 16.9 Å². The summed E-state index contributed by atoms with van der Waals surface area (Å²) in [5.41, 5.74) is 7.04. The number of sulfonamides is 1. The van der Waals surface area contributed by atoms with Crippen molar-refractivity contribution in [2.45, 2.75) is 38.5 Å². The number of amidine groups is 1. The standard InChI is InChI=1S/C13H18N2O3S/c1-3-10(4-2)18-11-7-5-6-9-8-19(16,17)15-13(14)12(9)11/h5-7,10H,3-4,8H2,1-2H3,(H2,14,15). The van der Waals surface area contributed by atoms with Gasteiger partial charge < -0.3 is 10.5 Å². The fourth-order valence-corrected chi connectivity index (χ4v) is 3.23. The Kier molecular flexibility index (Phi) is 3.80. The molecule has 5 nitrogen and oxygen atoms in total. The minimum Gasteiger partial charge on any atom is -0.490 e. The first-order chi connectivity index (χ1) is 8.96. The third-order valence-corrected chi connectivity index (χ3v) is 4.30. The molecule has 2 N–H and O–H groups in total. The van der Waals surface area contributed by atoms with Crippen molar-refractivity contribution in [2.24, 2.45) is 10.1 Å². The van der Waals surface area contributed by atoms with Crippen LogP contribution in [-0.4, -0.2) is 20.4 Å². The first-order valence-electron chi connectivity index (χ1n) is 6.33. The summed E-state index contributed by atoms with van der Waals surface area (Å²) in [4.78, 5) is 0. The molecule has 0 aliphatic carbocycles. The Morgan fingerprint density at radius 1 is 1.37 bits per heavy atom. The summed E-state index contributed by atoms with van der Waals surface area (Å²) in [6.07, 6.45) is 1.86. The lowest BCUT2D eigenvalue weighted by atomic mass is 10.1. The molecule has 0 radical (unpaired) electrons. The second kappa shape index (κ2) is 5.21. The molecule has 0 fully saturated rings. The molecule has 1 aromatic carbocycles.